The lowest BCUT2D eigenvalue weighted by atomic mass is 10.2. The molecular formula is C22H19N3O3S2. The molecule has 4 rings (SSSR count). The van der Waals surface area contributed by atoms with Crippen molar-refractivity contribution >= 4 is 32.7 Å². The van der Waals surface area contributed by atoms with Gasteiger partial charge in [-0.05, 0) is 31.2 Å². The predicted octanol–water partition coefficient (Wildman–Crippen LogP) is 5.45. The molecule has 0 aliphatic carbocycles. The molecule has 0 saturated carbocycles. The average Bonchev–Trinajstić information content (AvgIpc) is 3.08. The fraction of sp³-hybridized carbons (Fsp3) is 0.0909. The maximum absolute atomic E-state index is 11.8. The van der Waals surface area contributed by atoms with Crippen LogP contribution in [0.4, 0.5) is 11.5 Å². The average molecular weight is 438 g/mol. The SMILES string of the molecule is Cc1nc(-c2ccccc2)c(Oc2ccnc(Nc3cccc(S(C)(=O)=O)c3)c2)s1. The van der Waals surface area contributed by atoms with Crippen LogP contribution in [0, 0.1) is 6.92 Å². The molecule has 0 aliphatic rings. The lowest BCUT2D eigenvalue weighted by molar-refractivity contribution is 0.496. The van der Waals surface area contributed by atoms with E-state index in [0.29, 0.717) is 22.3 Å². The van der Waals surface area contributed by atoms with E-state index in [1.807, 2.05) is 37.3 Å². The van der Waals surface area contributed by atoms with Crippen LogP contribution in [0.3, 0.4) is 0 Å². The summed E-state index contributed by atoms with van der Waals surface area (Å²) < 4.78 is 29.7. The molecule has 152 valence electrons. The molecule has 2 aromatic carbocycles. The number of ether oxygens (including phenoxy) is 1. The first kappa shape index (κ1) is 20.1. The molecule has 0 aliphatic heterocycles. The first-order valence-electron chi connectivity index (χ1n) is 9.12. The minimum absolute atomic E-state index is 0.243. The van der Waals surface area contributed by atoms with Crippen molar-refractivity contribution in [1.82, 2.24) is 9.97 Å². The lowest BCUT2D eigenvalue weighted by Crippen LogP contribution is -1.99. The van der Waals surface area contributed by atoms with Gasteiger partial charge in [-0.15, -0.1) is 0 Å². The maximum Gasteiger partial charge on any atom is 0.208 e. The number of aryl methyl sites for hydroxylation is 1. The highest BCUT2D eigenvalue weighted by molar-refractivity contribution is 7.90. The van der Waals surface area contributed by atoms with Crippen LogP contribution in [-0.4, -0.2) is 24.6 Å². The number of aromatic nitrogens is 2. The number of hydrogen-bond donors (Lipinski definition) is 1. The number of nitrogens with one attached hydrogen (secondary N) is 1. The summed E-state index contributed by atoms with van der Waals surface area (Å²) in [6, 6.07) is 20.0. The number of rotatable bonds is 6. The third kappa shape index (κ3) is 4.67. The van der Waals surface area contributed by atoms with Gasteiger partial charge in [0.25, 0.3) is 0 Å². The number of hydrogen-bond acceptors (Lipinski definition) is 7. The second-order valence-electron chi connectivity index (χ2n) is 6.64. The van der Waals surface area contributed by atoms with Crippen LogP contribution in [0.2, 0.25) is 0 Å². The van der Waals surface area contributed by atoms with E-state index in [-0.39, 0.29) is 4.90 Å². The summed E-state index contributed by atoms with van der Waals surface area (Å²) in [6.45, 7) is 1.94. The van der Waals surface area contributed by atoms with Gasteiger partial charge >= 0.3 is 0 Å². The Kier molecular flexibility index (Phi) is 5.52. The number of nitrogens with zero attached hydrogens (tertiary/aromatic N) is 2. The minimum Gasteiger partial charge on any atom is -0.444 e. The molecule has 0 saturated heterocycles. The standard InChI is InChI=1S/C22H19N3O3S2/c1-15-24-21(16-7-4-3-5-8-16)22(29-15)28-18-11-12-23-20(14-18)25-17-9-6-10-19(13-17)30(2,26)27/h3-14H,1-2H3,(H,23,25). The fourth-order valence-electron chi connectivity index (χ4n) is 2.86. The van der Waals surface area contributed by atoms with E-state index in [9.17, 15) is 8.42 Å². The van der Waals surface area contributed by atoms with E-state index in [1.165, 1.54) is 17.6 Å². The summed E-state index contributed by atoms with van der Waals surface area (Å²) in [4.78, 5) is 9.15. The van der Waals surface area contributed by atoms with Gasteiger partial charge in [-0.1, -0.05) is 47.7 Å². The highest BCUT2D eigenvalue weighted by Crippen LogP contribution is 2.38. The maximum atomic E-state index is 11.8. The second kappa shape index (κ2) is 8.25. The van der Waals surface area contributed by atoms with Crippen molar-refractivity contribution in [2.75, 3.05) is 11.6 Å². The Morgan fingerprint density at radius 2 is 1.80 bits per heavy atom. The molecule has 0 spiro atoms. The molecule has 30 heavy (non-hydrogen) atoms. The Bertz CT molecular complexity index is 1290. The van der Waals surface area contributed by atoms with Crippen molar-refractivity contribution in [2.24, 2.45) is 0 Å². The Morgan fingerprint density at radius 3 is 2.57 bits per heavy atom. The topological polar surface area (TPSA) is 81.2 Å². The molecule has 2 aromatic heterocycles. The second-order valence-corrected chi connectivity index (χ2v) is 9.82. The Morgan fingerprint density at radius 1 is 1.00 bits per heavy atom. The number of benzene rings is 2. The van der Waals surface area contributed by atoms with E-state index in [1.54, 1.807) is 42.6 Å². The van der Waals surface area contributed by atoms with Gasteiger partial charge in [0.1, 0.15) is 17.3 Å². The number of sulfone groups is 1. The zero-order chi connectivity index (χ0) is 21.1. The summed E-state index contributed by atoms with van der Waals surface area (Å²) in [5, 5.41) is 4.74. The van der Waals surface area contributed by atoms with Gasteiger partial charge in [0, 0.05) is 29.8 Å². The molecule has 0 unspecified atom stereocenters. The van der Waals surface area contributed by atoms with Gasteiger partial charge in [0.15, 0.2) is 9.84 Å². The molecule has 4 aromatic rings. The third-order valence-corrected chi connectivity index (χ3v) is 6.19. The molecule has 0 bridgehead atoms. The molecule has 0 amide bonds. The predicted molar refractivity (Wildman–Crippen MR) is 119 cm³/mol. The number of pyridine rings is 1. The highest BCUT2D eigenvalue weighted by Gasteiger charge is 2.14. The zero-order valence-electron chi connectivity index (χ0n) is 16.4. The summed E-state index contributed by atoms with van der Waals surface area (Å²) in [6.07, 6.45) is 2.81. The lowest BCUT2D eigenvalue weighted by Gasteiger charge is -2.09. The quantitative estimate of drug-likeness (QED) is 0.432. The van der Waals surface area contributed by atoms with Crippen LogP contribution in [0.15, 0.2) is 77.8 Å². The highest BCUT2D eigenvalue weighted by atomic mass is 32.2. The van der Waals surface area contributed by atoms with Gasteiger partial charge in [-0.25, -0.2) is 18.4 Å². The minimum atomic E-state index is -3.29. The summed E-state index contributed by atoms with van der Waals surface area (Å²) in [5.41, 5.74) is 2.41. The van der Waals surface area contributed by atoms with Crippen molar-refractivity contribution in [3.63, 3.8) is 0 Å². The monoisotopic (exact) mass is 437 g/mol. The summed E-state index contributed by atoms with van der Waals surface area (Å²) in [7, 11) is -3.29. The third-order valence-electron chi connectivity index (χ3n) is 4.23. The van der Waals surface area contributed by atoms with E-state index < -0.39 is 9.84 Å². The van der Waals surface area contributed by atoms with E-state index >= 15 is 0 Å². The van der Waals surface area contributed by atoms with E-state index in [2.05, 4.69) is 15.3 Å². The fourth-order valence-corrected chi connectivity index (χ4v) is 4.33. The first-order chi connectivity index (χ1) is 14.4. The van der Waals surface area contributed by atoms with Crippen molar-refractivity contribution < 1.29 is 13.2 Å². The number of anilines is 2. The van der Waals surface area contributed by atoms with Gasteiger partial charge in [-0.3, -0.25) is 0 Å². The number of thiazole rings is 1. The van der Waals surface area contributed by atoms with Crippen LogP contribution < -0.4 is 10.1 Å². The van der Waals surface area contributed by atoms with Crippen LogP contribution in [0.25, 0.3) is 11.3 Å². The van der Waals surface area contributed by atoms with Gasteiger partial charge < -0.3 is 10.1 Å². The van der Waals surface area contributed by atoms with E-state index in [0.717, 1.165) is 16.3 Å². The molecule has 6 nitrogen and oxygen atoms in total. The molecular weight excluding hydrogens is 418 g/mol. The van der Waals surface area contributed by atoms with Gasteiger partial charge in [0.05, 0.1) is 9.90 Å². The largest absolute Gasteiger partial charge is 0.444 e. The Labute approximate surface area is 179 Å². The molecule has 0 fully saturated rings. The molecule has 0 radical (unpaired) electrons. The van der Waals surface area contributed by atoms with Gasteiger partial charge in [0.2, 0.25) is 5.06 Å². The first-order valence-corrected chi connectivity index (χ1v) is 11.8. The van der Waals surface area contributed by atoms with Crippen molar-refractivity contribution in [3.05, 3.63) is 77.9 Å². The molecule has 2 heterocycles. The van der Waals surface area contributed by atoms with Crippen LogP contribution >= 0.6 is 11.3 Å². The normalized spacial score (nSPS) is 11.3. The summed E-state index contributed by atoms with van der Waals surface area (Å²) in [5.74, 6) is 1.15. The van der Waals surface area contributed by atoms with E-state index in [4.69, 9.17) is 4.74 Å². The summed E-state index contributed by atoms with van der Waals surface area (Å²) >= 11 is 1.48. The molecule has 8 heteroatoms. The smallest absolute Gasteiger partial charge is 0.208 e. The van der Waals surface area contributed by atoms with Crippen molar-refractivity contribution in [1.29, 1.82) is 0 Å². The molecule has 0 atom stereocenters. The van der Waals surface area contributed by atoms with Crippen LogP contribution in [0.1, 0.15) is 5.01 Å². The van der Waals surface area contributed by atoms with Crippen molar-refractivity contribution in [3.8, 4) is 22.1 Å². The Balaban J connectivity index is 1.59. The van der Waals surface area contributed by atoms with Crippen LogP contribution in [-0.2, 0) is 9.84 Å². The zero-order valence-corrected chi connectivity index (χ0v) is 18.0. The molecule has 1 N–H and O–H groups in total. The van der Waals surface area contributed by atoms with Crippen molar-refractivity contribution in [2.45, 2.75) is 11.8 Å². The van der Waals surface area contributed by atoms with Gasteiger partial charge in [-0.2, -0.15) is 0 Å². The Hall–Kier alpha value is -3.23. The van der Waals surface area contributed by atoms with Crippen LogP contribution in [0.5, 0.6) is 10.8 Å².